The summed E-state index contributed by atoms with van der Waals surface area (Å²) < 4.78 is 12.9. The molecule has 0 bridgehead atoms. The molecule has 120 valence electrons. The Kier molecular flexibility index (Phi) is 4.43. The van der Waals surface area contributed by atoms with Crippen LogP contribution in [-0.4, -0.2) is 28.8 Å². The Balaban J connectivity index is 1.66. The number of carbonyl (C=O) groups is 1. The van der Waals surface area contributed by atoms with E-state index in [4.69, 9.17) is 17.3 Å². The third-order valence-corrected chi connectivity index (χ3v) is 4.21. The molecule has 0 amide bonds. The summed E-state index contributed by atoms with van der Waals surface area (Å²) in [5, 5.41) is 0.303. The van der Waals surface area contributed by atoms with Gasteiger partial charge in [0.1, 0.15) is 16.8 Å². The quantitative estimate of drug-likeness (QED) is 0.690. The Morgan fingerprint density at radius 2 is 1.87 bits per heavy atom. The number of halogens is 2. The minimum atomic E-state index is -0.338. The fourth-order valence-electron chi connectivity index (χ4n) is 2.81. The summed E-state index contributed by atoms with van der Waals surface area (Å²) in [7, 11) is 0. The topological polar surface area (TPSA) is 72.1 Å². The number of aromatic nitrogens is 2. The lowest BCUT2D eigenvalue weighted by molar-refractivity contribution is 0.0900. The van der Waals surface area contributed by atoms with Crippen molar-refractivity contribution in [2.75, 3.05) is 23.7 Å². The van der Waals surface area contributed by atoms with Gasteiger partial charge in [0, 0.05) is 30.6 Å². The molecule has 0 atom stereocenters. The van der Waals surface area contributed by atoms with Crippen LogP contribution in [0.25, 0.3) is 0 Å². The maximum atomic E-state index is 12.9. The molecule has 1 aromatic carbocycles. The molecule has 2 N–H and O–H groups in total. The van der Waals surface area contributed by atoms with Gasteiger partial charge in [-0.15, -0.1) is 0 Å². The standard InChI is InChI=1S/C16H16ClFN4O/c17-13-9-14(21-16(19)20-13)22-7-5-11(6-8-22)15(23)10-1-3-12(18)4-2-10/h1-4,9,11H,5-8H2,(H2,19,20,21). The summed E-state index contributed by atoms with van der Waals surface area (Å²) in [4.78, 5) is 22.5. The van der Waals surface area contributed by atoms with Crippen LogP contribution < -0.4 is 10.6 Å². The summed E-state index contributed by atoms with van der Waals surface area (Å²) in [6.07, 6.45) is 1.41. The van der Waals surface area contributed by atoms with Gasteiger partial charge in [0.15, 0.2) is 5.78 Å². The maximum Gasteiger partial charge on any atom is 0.223 e. The first-order valence-corrected chi connectivity index (χ1v) is 7.75. The second-order valence-corrected chi connectivity index (χ2v) is 5.93. The third kappa shape index (κ3) is 3.59. The Labute approximate surface area is 138 Å². The highest BCUT2D eigenvalue weighted by Gasteiger charge is 2.26. The van der Waals surface area contributed by atoms with E-state index < -0.39 is 0 Å². The molecule has 1 aliphatic heterocycles. The zero-order valence-corrected chi connectivity index (χ0v) is 13.1. The number of nitrogen functional groups attached to an aromatic ring is 1. The Morgan fingerprint density at radius 3 is 2.48 bits per heavy atom. The van der Waals surface area contributed by atoms with E-state index in [0.717, 1.165) is 0 Å². The monoisotopic (exact) mass is 334 g/mol. The molecular formula is C16H16ClFN4O. The predicted molar refractivity (Wildman–Crippen MR) is 87.1 cm³/mol. The molecule has 0 aliphatic carbocycles. The molecule has 2 aromatic rings. The van der Waals surface area contributed by atoms with Gasteiger partial charge in [-0.25, -0.2) is 9.37 Å². The van der Waals surface area contributed by atoms with E-state index in [-0.39, 0.29) is 23.5 Å². The zero-order chi connectivity index (χ0) is 16.4. The normalized spacial score (nSPS) is 15.7. The van der Waals surface area contributed by atoms with E-state index in [1.54, 1.807) is 6.07 Å². The lowest BCUT2D eigenvalue weighted by atomic mass is 9.89. The summed E-state index contributed by atoms with van der Waals surface area (Å²) in [5.74, 6) is 0.470. The van der Waals surface area contributed by atoms with Crippen LogP contribution in [-0.2, 0) is 0 Å². The van der Waals surface area contributed by atoms with Crippen molar-refractivity contribution in [3.8, 4) is 0 Å². The first-order chi connectivity index (χ1) is 11.0. The summed E-state index contributed by atoms with van der Waals surface area (Å²) in [6, 6.07) is 7.37. The Bertz CT molecular complexity index is 694. The Morgan fingerprint density at radius 1 is 1.22 bits per heavy atom. The zero-order valence-electron chi connectivity index (χ0n) is 12.4. The molecule has 1 fully saturated rings. The van der Waals surface area contributed by atoms with Gasteiger partial charge in [-0.3, -0.25) is 4.79 Å². The molecular weight excluding hydrogens is 319 g/mol. The highest BCUT2D eigenvalue weighted by molar-refractivity contribution is 6.29. The minimum absolute atomic E-state index is 0.0601. The first-order valence-electron chi connectivity index (χ1n) is 7.38. The largest absolute Gasteiger partial charge is 0.368 e. The molecule has 5 nitrogen and oxygen atoms in total. The third-order valence-electron chi connectivity index (χ3n) is 4.02. The maximum absolute atomic E-state index is 12.9. The van der Waals surface area contributed by atoms with Crippen molar-refractivity contribution < 1.29 is 9.18 Å². The van der Waals surface area contributed by atoms with Gasteiger partial charge in [0.2, 0.25) is 5.95 Å². The molecule has 0 saturated carbocycles. The fourth-order valence-corrected chi connectivity index (χ4v) is 2.99. The number of hydrogen-bond acceptors (Lipinski definition) is 5. The van der Waals surface area contributed by atoms with Gasteiger partial charge in [0.05, 0.1) is 0 Å². The number of rotatable bonds is 3. The second-order valence-electron chi connectivity index (χ2n) is 5.54. The smallest absolute Gasteiger partial charge is 0.223 e. The molecule has 0 unspecified atom stereocenters. The molecule has 2 heterocycles. The van der Waals surface area contributed by atoms with Crippen LogP contribution in [0.3, 0.4) is 0 Å². The van der Waals surface area contributed by atoms with Crippen molar-refractivity contribution in [2.24, 2.45) is 5.92 Å². The van der Waals surface area contributed by atoms with Crippen molar-refractivity contribution in [3.63, 3.8) is 0 Å². The fraction of sp³-hybridized carbons (Fsp3) is 0.312. The number of ketones is 1. The van der Waals surface area contributed by atoms with Crippen LogP contribution >= 0.6 is 11.6 Å². The lowest BCUT2D eigenvalue weighted by Gasteiger charge is -2.32. The van der Waals surface area contributed by atoms with E-state index in [9.17, 15) is 9.18 Å². The summed E-state index contributed by atoms with van der Waals surface area (Å²) in [5.41, 5.74) is 6.17. The number of benzene rings is 1. The molecule has 1 aromatic heterocycles. The highest BCUT2D eigenvalue weighted by atomic mass is 35.5. The number of carbonyl (C=O) groups excluding carboxylic acids is 1. The van der Waals surface area contributed by atoms with Crippen molar-refractivity contribution in [2.45, 2.75) is 12.8 Å². The van der Waals surface area contributed by atoms with Crippen LogP contribution in [0.1, 0.15) is 23.2 Å². The predicted octanol–water partition coefficient (Wildman–Crippen LogP) is 2.95. The van der Waals surface area contributed by atoms with Crippen molar-refractivity contribution >= 4 is 29.2 Å². The van der Waals surface area contributed by atoms with Crippen molar-refractivity contribution in [1.29, 1.82) is 0 Å². The van der Waals surface area contributed by atoms with E-state index in [0.29, 0.717) is 42.5 Å². The molecule has 7 heteroatoms. The van der Waals surface area contributed by atoms with Gasteiger partial charge in [0.25, 0.3) is 0 Å². The van der Waals surface area contributed by atoms with Crippen LogP contribution in [0.4, 0.5) is 16.2 Å². The number of nitrogens with zero attached hydrogens (tertiary/aromatic N) is 3. The van der Waals surface area contributed by atoms with Crippen molar-refractivity contribution in [1.82, 2.24) is 9.97 Å². The van der Waals surface area contributed by atoms with Crippen LogP contribution in [0.2, 0.25) is 5.15 Å². The van der Waals surface area contributed by atoms with Crippen LogP contribution in [0.5, 0.6) is 0 Å². The van der Waals surface area contributed by atoms with Gasteiger partial charge in [-0.1, -0.05) is 11.6 Å². The molecule has 1 saturated heterocycles. The summed E-state index contributed by atoms with van der Waals surface area (Å²) in [6.45, 7) is 1.37. The van der Waals surface area contributed by atoms with Gasteiger partial charge in [-0.2, -0.15) is 4.98 Å². The number of anilines is 2. The first kappa shape index (κ1) is 15.7. The van der Waals surface area contributed by atoms with E-state index in [1.807, 2.05) is 4.90 Å². The molecule has 3 rings (SSSR count). The molecule has 0 spiro atoms. The van der Waals surface area contributed by atoms with Crippen molar-refractivity contribution in [3.05, 3.63) is 46.9 Å². The number of nitrogens with two attached hydrogens (primary N) is 1. The number of hydrogen-bond donors (Lipinski definition) is 1. The van der Waals surface area contributed by atoms with E-state index >= 15 is 0 Å². The van der Waals surface area contributed by atoms with Crippen LogP contribution in [0, 0.1) is 11.7 Å². The SMILES string of the molecule is Nc1nc(Cl)cc(N2CCC(C(=O)c3ccc(F)cc3)CC2)n1. The van der Waals surface area contributed by atoms with Crippen LogP contribution in [0.15, 0.2) is 30.3 Å². The average Bonchev–Trinajstić information content (AvgIpc) is 2.54. The number of piperidine rings is 1. The highest BCUT2D eigenvalue weighted by Crippen LogP contribution is 2.26. The lowest BCUT2D eigenvalue weighted by Crippen LogP contribution is -2.37. The molecule has 0 radical (unpaired) electrons. The Hall–Kier alpha value is -2.21. The minimum Gasteiger partial charge on any atom is -0.368 e. The molecule has 23 heavy (non-hydrogen) atoms. The average molecular weight is 335 g/mol. The van der Waals surface area contributed by atoms with Gasteiger partial charge >= 0.3 is 0 Å². The summed E-state index contributed by atoms with van der Waals surface area (Å²) >= 11 is 5.90. The molecule has 1 aliphatic rings. The van der Waals surface area contributed by atoms with Gasteiger partial charge < -0.3 is 10.6 Å². The van der Waals surface area contributed by atoms with E-state index in [1.165, 1.54) is 24.3 Å². The number of Topliss-reactive ketones (excluding diaryl/α,β-unsaturated/α-hetero) is 1. The van der Waals surface area contributed by atoms with Gasteiger partial charge in [-0.05, 0) is 37.1 Å². The second kappa shape index (κ2) is 6.50. The van der Waals surface area contributed by atoms with E-state index in [2.05, 4.69) is 9.97 Å².